The molecule has 0 radical (unpaired) electrons. The summed E-state index contributed by atoms with van der Waals surface area (Å²) < 4.78 is 3.10. The molecule has 164 valence electrons. The van der Waals surface area contributed by atoms with Crippen LogP contribution in [-0.4, -0.2) is 30.8 Å². The van der Waals surface area contributed by atoms with E-state index in [9.17, 15) is 9.59 Å². The van der Waals surface area contributed by atoms with Crippen molar-refractivity contribution in [1.29, 1.82) is 0 Å². The summed E-state index contributed by atoms with van der Waals surface area (Å²) >= 11 is 13.3. The van der Waals surface area contributed by atoms with Crippen LogP contribution in [0.15, 0.2) is 23.1 Å². The normalized spacial score (nSPS) is 34.8. The van der Waals surface area contributed by atoms with Crippen LogP contribution in [0, 0.1) is 23.2 Å². The number of nitrogens with one attached hydrogen (secondary N) is 2. The Morgan fingerprint density at radius 3 is 2.23 bits per heavy atom. The van der Waals surface area contributed by atoms with Crippen molar-refractivity contribution < 1.29 is 9.59 Å². The molecule has 5 aliphatic carbocycles. The van der Waals surface area contributed by atoms with E-state index in [4.69, 9.17) is 28.9 Å². The summed E-state index contributed by atoms with van der Waals surface area (Å²) in [5.74, 6) is 2.15. The summed E-state index contributed by atoms with van der Waals surface area (Å²) in [7, 11) is 2.06. The Bertz CT molecular complexity index is 796. The smallest absolute Gasteiger partial charge is 0.223 e. The maximum Gasteiger partial charge on any atom is 0.223 e. The van der Waals surface area contributed by atoms with Gasteiger partial charge in [-0.05, 0) is 93.8 Å². The van der Waals surface area contributed by atoms with E-state index in [0.29, 0.717) is 27.9 Å². The fraction of sp³-hybridized carbons (Fsp3) is 0.636. The van der Waals surface area contributed by atoms with Crippen LogP contribution >= 0.6 is 35.1 Å². The van der Waals surface area contributed by atoms with E-state index in [0.717, 1.165) is 49.2 Å². The number of hydrogen-bond donors (Lipinski definition) is 3. The number of aldehydes is 1. The van der Waals surface area contributed by atoms with Crippen LogP contribution in [0.3, 0.4) is 0 Å². The van der Waals surface area contributed by atoms with Crippen molar-refractivity contribution in [2.45, 2.75) is 61.4 Å². The van der Waals surface area contributed by atoms with Gasteiger partial charge in [-0.3, -0.25) is 4.79 Å². The zero-order valence-electron chi connectivity index (χ0n) is 17.1. The Morgan fingerprint density at radius 1 is 1.17 bits per heavy atom. The molecule has 4 bridgehead atoms. The molecule has 4 N–H and O–H groups in total. The minimum Gasteiger partial charge on any atom is -0.369 e. The molecule has 0 aromatic heterocycles. The second-order valence-corrected chi connectivity index (χ2v) is 11.1. The number of rotatable bonds is 6. The third kappa shape index (κ3) is 4.26. The third-order valence-corrected chi connectivity index (χ3v) is 9.43. The van der Waals surface area contributed by atoms with E-state index >= 15 is 0 Å². The molecule has 1 aromatic carbocycles. The van der Waals surface area contributed by atoms with Gasteiger partial charge in [0.05, 0.1) is 20.5 Å². The first-order valence-corrected chi connectivity index (χ1v) is 12.2. The molecule has 5 aliphatic rings. The second-order valence-electron chi connectivity index (χ2n) is 9.46. The average molecular weight is 470 g/mol. The van der Waals surface area contributed by atoms with Crippen LogP contribution in [-0.2, 0) is 9.59 Å². The SMILES string of the molecule is CNC1C2CC3CC1CC(C(N)=O)(C3)C2.O=CC1(NSc2c(Cl)cccc2Cl)CC1. The monoisotopic (exact) mass is 469 g/mol. The molecule has 0 saturated heterocycles. The van der Waals surface area contributed by atoms with Gasteiger partial charge >= 0.3 is 0 Å². The molecule has 0 aliphatic heterocycles. The number of primary amides is 1. The highest BCUT2D eigenvalue weighted by Gasteiger charge is 2.57. The Balaban J connectivity index is 0.000000145. The van der Waals surface area contributed by atoms with Crippen molar-refractivity contribution in [2.24, 2.45) is 28.9 Å². The molecule has 1 amide bonds. The number of hydrogen-bond acceptors (Lipinski definition) is 5. The minimum absolute atomic E-state index is 0.0311. The minimum atomic E-state index is -0.354. The van der Waals surface area contributed by atoms with Crippen molar-refractivity contribution >= 4 is 47.3 Å². The lowest BCUT2D eigenvalue weighted by Gasteiger charge is -2.58. The predicted molar refractivity (Wildman–Crippen MR) is 122 cm³/mol. The van der Waals surface area contributed by atoms with Crippen LogP contribution in [0.25, 0.3) is 0 Å². The summed E-state index contributed by atoms with van der Waals surface area (Å²) in [6, 6.07) is 5.99. The van der Waals surface area contributed by atoms with E-state index in [1.54, 1.807) is 18.2 Å². The summed E-state index contributed by atoms with van der Waals surface area (Å²) in [6.45, 7) is 0. The van der Waals surface area contributed by atoms with Crippen molar-refractivity contribution in [3.05, 3.63) is 28.2 Å². The number of nitrogens with two attached hydrogens (primary N) is 1. The van der Waals surface area contributed by atoms with Gasteiger partial charge in [-0.25, -0.2) is 4.72 Å². The van der Waals surface area contributed by atoms with Gasteiger partial charge in [-0.1, -0.05) is 29.3 Å². The number of halogens is 2. The van der Waals surface area contributed by atoms with E-state index in [1.807, 2.05) is 0 Å². The molecule has 5 fully saturated rings. The first kappa shape index (κ1) is 22.4. The van der Waals surface area contributed by atoms with Gasteiger partial charge in [0.25, 0.3) is 0 Å². The molecule has 0 spiro atoms. The van der Waals surface area contributed by atoms with Crippen molar-refractivity contribution in [2.75, 3.05) is 7.05 Å². The van der Waals surface area contributed by atoms with E-state index in [-0.39, 0.29) is 16.9 Å². The Hall–Kier alpha value is -0.790. The Morgan fingerprint density at radius 2 is 1.77 bits per heavy atom. The standard InChI is InChI=1S/C12H20N2O.C10H9Cl2NOS/c1-14-10-8-2-7-3-9(10)6-12(4-7,5-8)11(13)15;11-7-2-1-3-8(12)9(7)15-13-10(6-14)4-5-10/h7-10,14H,2-6H2,1H3,(H2,13,15);1-3,6,13H,4-5H2. The third-order valence-electron chi connectivity index (χ3n) is 7.42. The predicted octanol–water partition coefficient (Wildman–Crippen LogP) is 4.21. The van der Waals surface area contributed by atoms with E-state index < -0.39 is 0 Å². The zero-order chi connectivity index (χ0) is 21.5. The highest BCUT2D eigenvalue weighted by molar-refractivity contribution is 7.97. The fourth-order valence-corrected chi connectivity index (χ4v) is 7.43. The topological polar surface area (TPSA) is 84.2 Å². The molecule has 5 saturated carbocycles. The average Bonchev–Trinajstić information content (AvgIpc) is 3.48. The summed E-state index contributed by atoms with van der Waals surface area (Å²) in [6.07, 6.45) is 8.50. The van der Waals surface area contributed by atoms with Gasteiger partial charge in [-0.2, -0.15) is 0 Å². The quantitative estimate of drug-likeness (QED) is 0.429. The first-order chi connectivity index (χ1) is 14.3. The van der Waals surface area contributed by atoms with Crippen molar-refractivity contribution in [3.8, 4) is 0 Å². The van der Waals surface area contributed by atoms with E-state index in [2.05, 4.69) is 17.1 Å². The molecular formula is C22H29Cl2N3O2S. The molecule has 6 rings (SSSR count). The lowest BCUT2D eigenvalue weighted by Crippen LogP contribution is -2.60. The largest absolute Gasteiger partial charge is 0.369 e. The zero-order valence-corrected chi connectivity index (χ0v) is 19.5. The molecule has 1 aromatic rings. The van der Waals surface area contributed by atoms with Gasteiger partial charge in [0.1, 0.15) is 6.29 Å². The summed E-state index contributed by atoms with van der Waals surface area (Å²) in [5.41, 5.74) is 5.14. The summed E-state index contributed by atoms with van der Waals surface area (Å²) in [5, 5.41) is 4.65. The van der Waals surface area contributed by atoms with Gasteiger partial charge in [-0.15, -0.1) is 0 Å². The lowest BCUT2D eigenvalue weighted by molar-refractivity contribution is -0.145. The van der Waals surface area contributed by atoms with Crippen molar-refractivity contribution in [1.82, 2.24) is 10.0 Å². The van der Waals surface area contributed by atoms with Crippen LogP contribution in [0.4, 0.5) is 0 Å². The van der Waals surface area contributed by atoms with Gasteiger partial charge in [0.15, 0.2) is 0 Å². The highest BCUT2D eigenvalue weighted by Crippen LogP contribution is 2.59. The molecule has 0 heterocycles. The van der Waals surface area contributed by atoms with Gasteiger partial charge < -0.3 is 15.8 Å². The number of carbonyl (C=O) groups is 2. The Kier molecular flexibility index (Phi) is 6.44. The summed E-state index contributed by atoms with van der Waals surface area (Å²) in [4.78, 5) is 23.2. The molecule has 5 nitrogen and oxygen atoms in total. The van der Waals surface area contributed by atoms with Crippen molar-refractivity contribution in [3.63, 3.8) is 0 Å². The maximum absolute atomic E-state index is 11.6. The second kappa shape index (κ2) is 8.62. The molecule has 2 unspecified atom stereocenters. The number of benzene rings is 1. The molecule has 30 heavy (non-hydrogen) atoms. The van der Waals surface area contributed by atoms with Gasteiger partial charge in [0.2, 0.25) is 5.91 Å². The molecule has 2 atom stereocenters. The highest BCUT2D eigenvalue weighted by atomic mass is 35.5. The van der Waals surface area contributed by atoms with Crippen LogP contribution in [0.1, 0.15) is 44.9 Å². The number of amides is 1. The van der Waals surface area contributed by atoms with Crippen LogP contribution in [0.5, 0.6) is 0 Å². The lowest BCUT2D eigenvalue weighted by atomic mass is 9.47. The van der Waals surface area contributed by atoms with Gasteiger partial charge in [0, 0.05) is 11.5 Å². The number of carbonyl (C=O) groups excluding carboxylic acids is 2. The molecule has 8 heteroatoms. The Labute approximate surface area is 192 Å². The maximum atomic E-state index is 11.6. The first-order valence-electron chi connectivity index (χ1n) is 10.6. The van der Waals surface area contributed by atoms with Crippen LogP contribution in [0.2, 0.25) is 10.0 Å². The van der Waals surface area contributed by atoms with Crippen LogP contribution < -0.4 is 15.8 Å². The molecular weight excluding hydrogens is 441 g/mol. The fourth-order valence-electron chi connectivity index (χ4n) is 5.91. The van der Waals surface area contributed by atoms with E-state index in [1.165, 1.54) is 24.8 Å².